The maximum atomic E-state index is 13.7. The lowest BCUT2D eigenvalue weighted by Gasteiger charge is -2.33. The summed E-state index contributed by atoms with van der Waals surface area (Å²) in [5, 5.41) is 5.25. The van der Waals surface area contributed by atoms with Gasteiger partial charge in [-0.15, -0.1) is 0 Å². The monoisotopic (exact) mass is 381 g/mol. The number of morpholine rings is 1. The van der Waals surface area contributed by atoms with Crippen molar-refractivity contribution in [2.45, 2.75) is 13.0 Å². The molecule has 1 aromatic rings. The molecule has 0 aliphatic carbocycles. The molecular formula is C18H21F2N3O4. The van der Waals surface area contributed by atoms with E-state index in [0.29, 0.717) is 38.5 Å². The van der Waals surface area contributed by atoms with Crippen molar-refractivity contribution < 1.29 is 27.8 Å². The summed E-state index contributed by atoms with van der Waals surface area (Å²) in [4.78, 5) is 26.8. The Morgan fingerprint density at radius 1 is 1.30 bits per heavy atom. The summed E-state index contributed by atoms with van der Waals surface area (Å²) in [6.45, 7) is 4.54. The van der Waals surface area contributed by atoms with E-state index in [1.807, 2.05) is 4.90 Å². The van der Waals surface area contributed by atoms with Crippen LogP contribution in [-0.2, 0) is 14.3 Å². The lowest BCUT2D eigenvalue weighted by molar-refractivity contribution is -0.139. The summed E-state index contributed by atoms with van der Waals surface area (Å²) >= 11 is 0. The second kappa shape index (κ2) is 8.45. The number of carbonyl (C=O) groups is 2. The first-order valence-corrected chi connectivity index (χ1v) is 8.72. The molecule has 27 heavy (non-hydrogen) atoms. The number of ether oxygens (including phenoxy) is 2. The van der Waals surface area contributed by atoms with Crippen molar-refractivity contribution in [2.75, 3.05) is 39.5 Å². The highest BCUT2D eigenvalue weighted by Gasteiger charge is 2.34. The molecule has 0 saturated carbocycles. The zero-order chi connectivity index (χ0) is 19.4. The lowest BCUT2D eigenvalue weighted by atomic mass is 9.94. The molecule has 2 aliphatic rings. The summed E-state index contributed by atoms with van der Waals surface area (Å²) in [5.74, 6) is -2.68. The molecule has 0 unspecified atom stereocenters. The third-order valence-corrected chi connectivity index (χ3v) is 4.41. The van der Waals surface area contributed by atoms with Gasteiger partial charge in [-0.1, -0.05) is 6.07 Å². The topological polar surface area (TPSA) is 79.9 Å². The molecule has 0 aromatic heterocycles. The third kappa shape index (κ3) is 4.42. The van der Waals surface area contributed by atoms with Gasteiger partial charge in [0.15, 0.2) is 11.6 Å². The van der Waals surface area contributed by atoms with E-state index in [1.165, 1.54) is 6.07 Å². The highest BCUT2D eigenvalue weighted by molar-refractivity contribution is 5.95. The molecule has 2 amide bonds. The largest absolute Gasteiger partial charge is 0.463 e. The Balaban J connectivity index is 2.00. The van der Waals surface area contributed by atoms with Crippen molar-refractivity contribution in [3.05, 3.63) is 46.7 Å². The van der Waals surface area contributed by atoms with E-state index in [-0.39, 0.29) is 17.7 Å². The number of rotatable bonds is 5. The number of urea groups is 1. The molecule has 1 atom stereocenters. The van der Waals surface area contributed by atoms with Crippen molar-refractivity contribution >= 4 is 12.0 Å². The second-order valence-corrected chi connectivity index (χ2v) is 6.21. The Kier molecular flexibility index (Phi) is 6.02. The van der Waals surface area contributed by atoms with Gasteiger partial charge in [-0.05, 0) is 24.6 Å². The number of hydrogen-bond donors (Lipinski definition) is 2. The maximum Gasteiger partial charge on any atom is 0.338 e. The van der Waals surface area contributed by atoms with Gasteiger partial charge in [0.1, 0.15) is 0 Å². The molecule has 1 saturated heterocycles. The van der Waals surface area contributed by atoms with Gasteiger partial charge < -0.3 is 20.1 Å². The zero-order valence-electron chi connectivity index (χ0n) is 14.9. The number of hydrogen-bond acceptors (Lipinski definition) is 5. The fourth-order valence-electron chi connectivity index (χ4n) is 3.12. The molecule has 1 aromatic carbocycles. The van der Waals surface area contributed by atoms with Crippen molar-refractivity contribution in [3.8, 4) is 0 Å². The number of carbonyl (C=O) groups excluding carboxylic acids is 2. The van der Waals surface area contributed by atoms with Crippen molar-refractivity contribution in [2.24, 2.45) is 0 Å². The standard InChI is InChI=1S/C18H21F2N3O4/c1-2-27-17(24)15-14(10-23-5-7-26-8-6-23)21-18(25)22-16(15)11-3-4-12(19)13(20)9-11/h3-4,9,16H,2,5-8,10H2,1H3,(H2,21,22,25)/t16-/m0/s1. The van der Waals surface area contributed by atoms with E-state index < -0.39 is 29.7 Å². The molecule has 9 heteroatoms. The second-order valence-electron chi connectivity index (χ2n) is 6.21. The summed E-state index contributed by atoms with van der Waals surface area (Å²) in [5.41, 5.74) is 0.814. The van der Waals surface area contributed by atoms with E-state index in [4.69, 9.17) is 9.47 Å². The molecule has 0 radical (unpaired) electrons. The number of benzene rings is 1. The van der Waals surface area contributed by atoms with Crippen LogP contribution in [-0.4, -0.2) is 56.4 Å². The molecule has 2 aliphatic heterocycles. The Labute approximate surface area is 155 Å². The fourth-order valence-corrected chi connectivity index (χ4v) is 3.12. The smallest absolute Gasteiger partial charge is 0.338 e. The van der Waals surface area contributed by atoms with Crippen LogP contribution in [0.3, 0.4) is 0 Å². The van der Waals surface area contributed by atoms with Gasteiger partial charge in [-0.25, -0.2) is 18.4 Å². The maximum absolute atomic E-state index is 13.7. The van der Waals surface area contributed by atoms with Crippen molar-refractivity contribution in [1.82, 2.24) is 15.5 Å². The minimum atomic E-state index is -1.06. The van der Waals surface area contributed by atoms with Gasteiger partial charge in [-0.2, -0.15) is 0 Å². The van der Waals surface area contributed by atoms with Crippen LogP contribution in [0.25, 0.3) is 0 Å². The molecule has 2 heterocycles. The summed E-state index contributed by atoms with van der Waals surface area (Å²) in [6, 6.07) is 1.80. The summed E-state index contributed by atoms with van der Waals surface area (Å²) < 4.78 is 37.5. The zero-order valence-corrected chi connectivity index (χ0v) is 14.9. The van der Waals surface area contributed by atoms with Crippen LogP contribution in [0.4, 0.5) is 13.6 Å². The van der Waals surface area contributed by atoms with E-state index >= 15 is 0 Å². The van der Waals surface area contributed by atoms with Crippen LogP contribution in [0.2, 0.25) is 0 Å². The number of esters is 1. The average molecular weight is 381 g/mol. The first-order chi connectivity index (χ1) is 13.0. The number of nitrogens with one attached hydrogen (secondary N) is 2. The number of halogens is 2. The van der Waals surface area contributed by atoms with Gasteiger partial charge in [-0.3, -0.25) is 4.90 Å². The van der Waals surface area contributed by atoms with E-state index in [9.17, 15) is 18.4 Å². The minimum absolute atomic E-state index is 0.144. The minimum Gasteiger partial charge on any atom is -0.463 e. The fraction of sp³-hybridized carbons (Fsp3) is 0.444. The van der Waals surface area contributed by atoms with E-state index in [0.717, 1.165) is 12.1 Å². The van der Waals surface area contributed by atoms with E-state index in [1.54, 1.807) is 6.92 Å². The van der Waals surface area contributed by atoms with Gasteiger partial charge in [0.25, 0.3) is 0 Å². The molecule has 0 spiro atoms. The predicted molar refractivity (Wildman–Crippen MR) is 91.7 cm³/mol. The number of amides is 2. The van der Waals surface area contributed by atoms with Gasteiger partial charge in [0.2, 0.25) is 0 Å². The molecule has 146 valence electrons. The molecular weight excluding hydrogens is 360 g/mol. The van der Waals surface area contributed by atoms with Crippen molar-refractivity contribution in [3.63, 3.8) is 0 Å². The SMILES string of the molecule is CCOC(=O)C1=C(CN2CCOCC2)NC(=O)N[C@H]1c1ccc(F)c(F)c1. The first kappa shape index (κ1) is 19.2. The Morgan fingerprint density at radius 3 is 2.70 bits per heavy atom. The normalized spacial score (nSPS) is 20.9. The van der Waals surface area contributed by atoms with Crippen LogP contribution in [0.5, 0.6) is 0 Å². The van der Waals surface area contributed by atoms with Crippen LogP contribution in [0.1, 0.15) is 18.5 Å². The van der Waals surface area contributed by atoms with Crippen LogP contribution < -0.4 is 10.6 Å². The van der Waals surface area contributed by atoms with Crippen LogP contribution in [0.15, 0.2) is 29.5 Å². The quantitative estimate of drug-likeness (QED) is 0.755. The Morgan fingerprint density at radius 2 is 2.04 bits per heavy atom. The first-order valence-electron chi connectivity index (χ1n) is 8.72. The van der Waals surface area contributed by atoms with Gasteiger partial charge in [0.05, 0.1) is 31.4 Å². The molecule has 7 nitrogen and oxygen atoms in total. The summed E-state index contributed by atoms with van der Waals surface area (Å²) in [6.07, 6.45) is 0. The highest BCUT2D eigenvalue weighted by atomic mass is 19.2. The lowest BCUT2D eigenvalue weighted by Crippen LogP contribution is -2.49. The molecule has 2 N–H and O–H groups in total. The Bertz CT molecular complexity index is 763. The Hall–Kier alpha value is -2.52. The van der Waals surface area contributed by atoms with Crippen LogP contribution >= 0.6 is 0 Å². The average Bonchev–Trinajstić information content (AvgIpc) is 2.64. The molecule has 3 rings (SSSR count). The predicted octanol–water partition coefficient (Wildman–Crippen LogP) is 1.47. The van der Waals surface area contributed by atoms with E-state index in [2.05, 4.69) is 10.6 Å². The van der Waals surface area contributed by atoms with Crippen molar-refractivity contribution in [1.29, 1.82) is 0 Å². The highest BCUT2D eigenvalue weighted by Crippen LogP contribution is 2.29. The van der Waals surface area contributed by atoms with Gasteiger partial charge in [0, 0.05) is 25.3 Å². The van der Waals surface area contributed by atoms with Crippen LogP contribution in [0, 0.1) is 11.6 Å². The molecule has 1 fully saturated rings. The summed E-state index contributed by atoms with van der Waals surface area (Å²) in [7, 11) is 0. The number of nitrogens with zero attached hydrogens (tertiary/aromatic N) is 1. The van der Waals surface area contributed by atoms with Gasteiger partial charge >= 0.3 is 12.0 Å². The molecule has 0 bridgehead atoms. The third-order valence-electron chi connectivity index (χ3n) is 4.41.